The highest BCUT2D eigenvalue weighted by atomic mass is 32.2. The summed E-state index contributed by atoms with van der Waals surface area (Å²) in [5.74, 6) is -9.53. The van der Waals surface area contributed by atoms with Crippen LogP contribution in [0.3, 0.4) is 0 Å². The van der Waals surface area contributed by atoms with Gasteiger partial charge >= 0.3 is 0 Å². The molecule has 2 aromatic rings. The Morgan fingerprint density at radius 1 is 0.730 bits per heavy atom. The number of nitrogens with one attached hydrogen (secondary N) is 7. The lowest BCUT2D eigenvalue weighted by Crippen LogP contribution is -2.61. The molecular formula is C47H66N14O12S. The van der Waals surface area contributed by atoms with E-state index in [0.29, 0.717) is 17.5 Å². The van der Waals surface area contributed by atoms with E-state index < -0.39 is 133 Å². The summed E-state index contributed by atoms with van der Waals surface area (Å²) in [7, 11) is 0. The molecule has 2 saturated heterocycles. The third-order valence-electron chi connectivity index (χ3n) is 11.7. The Balaban J connectivity index is 1.68. The van der Waals surface area contributed by atoms with E-state index in [1.807, 2.05) is 0 Å². The van der Waals surface area contributed by atoms with E-state index in [4.69, 9.17) is 28.7 Å². The molecule has 26 nitrogen and oxygen atoms in total. The first-order valence-corrected chi connectivity index (χ1v) is 25.0. The number of guanidine groups is 1. The van der Waals surface area contributed by atoms with Crippen LogP contribution in [0.15, 0.2) is 59.6 Å². The average molecular weight is 1050 g/mol. The molecule has 2 aromatic carbocycles. The summed E-state index contributed by atoms with van der Waals surface area (Å²) < 4.78 is 0. The van der Waals surface area contributed by atoms with Crippen LogP contribution in [-0.4, -0.2) is 154 Å². The van der Waals surface area contributed by atoms with E-state index in [2.05, 4.69) is 42.2 Å². The molecule has 74 heavy (non-hydrogen) atoms. The standard InChI is InChI=1S/C47H66N14O12S/c48-36(63)17-16-30-41(68)59-33(23-37(49)64)44(71)60-34(46(73)61-19-5-10-35(61)45(72)57-29(9-4-18-53-47(51)52)40(67)54-24-38(50)65)25-74-20-6-11-39(66)55-31(22-27-12-14-28(62)15-13-27)42(69)58-32(43(70)56-30)21-26-7-2-1-3-8-26/h1-3,7-8,12-15,29-35,62H,4-6,9-11,16-25H2,(H2,48,63)(H2,49,64)(H2,50,65)(H,54,67)(H,55,66)(H,56,70)(H,57,72)(H,58,69)(H,59,68)(H,60,71)(H4,51,52,53)/t29-,30?,31?,32-,33?,34-,35-/m0/s1. The smallest absolute Gasteiger partial charge is 0.246 e. The molecule has 0 saturated carbocycles. The number of aliphatic imine (C=N–C) groups is 1. The first-order valence-electron chi connectivity index (χ1n) is 23.9. The van der Waals surface area contributed by atoms with Crippen molar-refractivity contribution in [3.8, 4) is 5.75 Å². The molecule has 0 bridgehead atoms. The second-order valence-electron chi connectivity index (χ2n) is 17.7. The summed E-state index contributed by atoms with van der Waals surface area (Å²) in [5.41, 5.74) is 28.1. The van der Waals surface area contributed by atoms with Gasteiger partial charge < -0.3 is 75.9 Å². The van der Waals surface area contributed by atoms with Crippen LogP contribution in [0.25, 0.3) is 0 Å². The number of benzene rings is 2. The summed E-state index contributed by atoms with van der Waals surface area (Å²) in [6.07, 6.45) is -1.07. The number of nitrogens with zero attached hydrogens (tertiary/aromatic N) is 2. The Morgan fingerprint density at radius 3 is 1.97 bits per heavy atom. The number of nitrogens with two attached hydrogens (primary N) is 5. The van der Waals surface area contributed by atoms with Crippen molar-refractivity contribution in [2.75, 3.05) is 31.1 Å². The van der Waals surface area contributed by atoms with Gasteiger partial charge in [-0.1, -0.05) is 42.5 Å². The van der Waals surface area contributed by atoms with Gasteiger partial charge in [-0.05, 0) is 67.5 Å². The molecule has 2 aliphatic heterocycles. The van der Waals surface area contributed by atoms with Gasteiger partial charge in [-0.25, -0.2) is 0 Å². The number of thioether (sulfide) groups is 1. The number of phenols is 1. The topological polar surface area (TPSA) is 438 Å². The van der Waals surface area contributed by atoms with Crippen molar-refractivity contribution < 1.29 is 57.8 Å². The molecule has 0 spiro atoms. The van der Waals surface area contributed by atoms with Crippen LogP contribution in [0.2, 0.25) is 0 Å². The summed E-state index contributed by atoms with van der Waals surface area (Å²) in [6, 6.07) is 4.60. The number of rotatable bonds is 19. The fraction of sp³-hybridized carbons (Fsp3) is 0.489. The SMILES string of the molecule is NC(=O)CCC1NC(=O)[C@H](Cc2ccccc2)NC(=O)C(Cc2ccc(O)cc2)NC(=O)CCCSC[C@@H](C(=O)N2CCC[C@H]2C(=O)N[C@@H](CCCN=C(N)N)C(=O)NCC(N)=O)NC(=O)C(CC(N)=O)NC1=O. The molecule has 2 fully saturated rings. The van der Waals surface area contributed by atoms with E-state index in [0.717, 1.165) is 11.8 Å². The van der Waals surface area contributed by atoms with E-state index in [1.165, 1.54) is 17.0 Å². The Labute approximate surface area is 430 Å². The number of aromatic hydroxyl groups is 1. The number of carbonyl (C=O) groups excluding carboxylic acids is 11. The monoisotopic (exact) mass is 1050 g/mol. The normalized spacial score (nSPS) is 21.7. The molecule has 2 heterocycles. The zero-order valence-corrected chi connectivity index (χ0v) is 41.5. The molecule has 18 N–H and O–H groups in total. The predicted molar refractivity (Wildman–Crippen MR) is 269 cm³/mol. The van der Waals surface area contributed by atoms with Crippen LogP contribution in [0.4, 0.5) is 0 Å². The van der Waals surface area contributed by atoms with Crippen molar-refractivity contribution in [1.29, 1.82) is 0 Å². The van der Waals surface area contributed by atoms with E-state index in [-0.39, 0.29) is 81.3 Å². The van der Waals surface area contributed by atoms with Crippen molar-refractivity contribution in [3.63, 3.8) is 0 Å². The first-order chi connectivity index (χ1) is 35.2. The quantitative estimate of drug-likeness (QED) is 0.0358. The average Bonchev–Trinajstić information content (AvgIpc) is 3.85. The van der Waals surface area contributed by atoms with Gasteiger partial charge in [0.1, 0.15) is 48.0 Å². The fourth-order valence-electron chi connectivity index (χ4n) is 8.01. The van der Waals surface area contributed by atoms with Crippen molar-refractivity contribution in [2.24, 2.45) is 33.7 Å². The largest absolute Gasteiger partial charge is 0.508 e. The third kappa shape index (κ3) is 19.9. The van der Waals surface area contributed by atoms with Crippen LogP contribution in [0.5, 0.6) is 5.75 Å². The van der Waals surface area contributed by atoms with Gasteiger partial charge in [-0.3, -0.25) is 57.7 Å². The number of primary amides is 3. The molecule has 0 aliphatic carbocycles. The highest BCUT2D eigenvalue weighted by Crippen LogP contribution is 2.21. The molecule has 3 unspecified atom stereocenters. The first kappa shape index (κ1) is 58.6. The van der Waals surface area contributed by atoms with Crippen molar-refractivity contribution in [2.45, 2.75) is 113 Å². The summed E-state index contributed by atoms with van der Waals surface area (Å²) in [4.78, 5) is 153. The maximum absolute atomic E-state index is 14.6. The molecular weight excluding hydrogens is 985 g/mol. The second kappa shape index (κ2) is 29.5. The van der Waals surface area contributed by atoms with Gasteiger partial charge in [0, 0.05) is 44.5 Å². The van der Waals surface area contributed by atoms with Gasteiger partial charge in [0.05, 0.1) is 13.0 Å². The maximum atomic E-state index is 14.6. The molecule has 0 aromatic heterocycles. The minimum atomic E-state index is -1.76. The lowest BCUT2D eigenvalue weighted by atomic mass is 10.0. The molecule has 2 aliphatic rings. The number of phenolic OH excluding ortho intramolecular Hbond substituents is 1. The Kier molecular flexibility index (Phi) is 23.4. The Hall–Kier alpha value is -7.97. The Morgan fingerprint density at radius 2 is 1.34 bits per heavy atom. The van der Waals surface area contributed by atoms with Gasteiger partial charge in [-0.15, -0.1) is 0 Å². The van der Waals surface area contributed by atoms with Crippen LogP contribution in [0, 0.1) is 0 Å². The van der Waals surface area contributed by atoms with E-state index in [1.54, 1.807) is 42.5 Å². The molecule has 402 valence electrons. The minimum Gasteiger partial charge on any atom is -0.508 e. The third-order valence-corrected chi connectivity index (χ3v) is 12.9. The fourth-order valence-corrected chi connectivity index (χ4v) is 8.99. The molecule has 11 amide bonds. The van der Waals surface area contributed by atoms with E-state index >= 15 is 0 Å². The summed E-state index contributed by atoms with van der Waals surface area (Å²) >= 11 is 1.14. The van der Waals surface area contributed by atoms with Crippen LogP contribution in [-0.2, 0) is 65.6 Å². The molecule has 4 rings (SSSR count). The van der Waals surface area contributed by atoms with Gasteiger partial charge in [-0.2, -0.15) is 11.8 Å². The van der Waals surface area contributed by atoms with E-state index in [9.17, 15) is 57.8 Å². The summed E-state index contributed by atoms with van der Waals surface area (Å²) in [5, 5.41) is 27.8. The molecule has 0 radical (unpaired) electrons. The zero-order chi connectivity index (χ0) is 54.3. The number of carbonyl (C=O) groups is 11. The lowest BCUT2D eigenvalue weighted by Gasteiger charge is -2.31. The van der Waals surface area contributed by atoms with Gasteiger partial charge in [0.2, 0.25) is 65.0 Å². The second-order valence-corrected chi connectivity index (χ2v) is 18.8. The highest BCUT2D eigenvalue weighted by molar-refractivity contribution is 7.99. The number of likely N-dealkylation sites (tertiary alicyclic amines) is 1. The zero-order valence-electron chi connectivity index (χ0n) is 40.7. The molecule has 27 heteroatoms. The van der Waals surface area contributed by atoms with Crippen LogP contribution in [0.1, 0.15) is 68.9 Å². The number of hydrogen-bond acceptors (Lipinski definition) is 14. The minimum absolute atomic E-state index is 0.0156. The molecule has 7 atom stereocenters. The number of hydrogen-bond donors (Lipinski definition) is 13. The van der Waals surface area contributed by atoms with Crippen molar-refractivity contribution in [1.82, 2.24) is 42.1 Å². The summed E-state index contributed by atoms with van der Waals surface area (Å²) in [6.45, 7) is -0.391. The van der Waals surface area contributed by atoms with Gasteiger partial charge in [0.15, 0.2) is 5.96 Å². The number of amides is 11. The van der Waals surface area contributed by atoms with Crippen LogP contribution >= 0.6 is 11.8 Å². The maximum Gasteiger partial charge on any atom is 0.246 e. The highest BCUT2D eigenvalue weighted by Gasteiger charge is 2.40. The predicted octanol–water partition coefficient (Wildman–Crippen LogP) is -4.60. The van der Waals surface area contributed by atoms with Gasteiger partial charge in [0.25, 0.3) is 0 Å². The van der Waals surface area contributed by atoms with Crippen molar-refractivity contribution in [3.05, 3.63) is 65.7 Å². The Bertz CT molecular complexity index is 2370. The van der Waals surface area contributed by atoms with Crippen LogP contribution < -0.4 is 65.9 Å². The lowest BCUT2D eigenvalue weighted by molar-refractivity contribution is -0.142. The van der Waals surface area contributed by atoms with Crippen molar-refractivity contribution >= 4 is 82.7 Å².